The Morgan fingerprint density at radius 2 is 1.94 bits per heavy atom. The summed E-state index contributed by atoms with van der Waals surface area (Å²) in [6.07, 6.45) is 1.30. The molecule has 1 rings (SSSR count). The maximum atomic E-state index is 11.0. The van der Waals surface area contributed by atoms with Crippen molar-refractivity contribution in [2.45, 2.75) is 19.8 Å². The van der Waals surface area contributed by atoms with E-state index in [2.05, 4.69) is 5.32 Å². The zero-order valence-electron chi connectivity index (χ0n) is 10.9. The standard InChI is InChI=1S/C14H21NO3/c1-2-6-14(16)18-12-11-17-10-9-15-13-7-4-3-5-8-13/h3-5,7-8,15H,2,6,9-12H2,1H3. The molecule has 0 saturated carbocycles. The summed E-state index contributed by atoms with van der Waals surface area (Å²) in [6.45, 7) is 4.08. The van der Waals surface area contributed by atoms with Gasteiger partial charge in [0.15, 0.2) is 0 Å². The maximum absolute atomic E-state index is 11.0. The lowest BCUT2D eigenvalue weighted by Crippen LogP contribution is -2.14. The molecule has 100 valence electrons. The lowest BCUT2D eigenvalue weighted by molar-refractivity contribution is -0.145. The highest BCUT2D eigenvalue weighted by Crippen LogP contribution is 2.03. The molecule has 0 saturated heterocycles. The Morgan fingerprint density at radius 3 is 2.67 bits per heavy atom. The predicted molar refractivity (Wildman–Crippen MR) is 71.6 cm³/mol. The van der Waals surface area contributed by atoms with Gasteiger partial charge in [0.25, 0.3) is 0 Å². The number of hydrogen-bond donors (Lipinski definition) is 1. The van der Waals surface area contributed by atoms with E-state index in [1.165, 1.54) is 0 Å². The molecule has 0 bridgehead atoms. The van der Waals surface area contributed by atoms with Crippen LogP contribution in [0.3, 0.4) is 0 Å². The van der Waals surface area contributed by atoms with Gasteiger partial charge in [0.05, 0.1) is 13.2 Å². The van der Waals surface area contributed by atoms with Crippen LogP contribution in [0, 0.1) is 0 Å². The topological polar surface area (TPSA) is 47.6 Å². The van der Waals surface area contributed by atoms with Crippen molar-refractivity contribution in [1.29, 1.82) is 0 Å². The third kappa shape index (κ3) is 6.91. The molecule has 0 aliphatic rings. The highest BCUT2D eigenvalue weighted by Gasteiger charge is 1.99. The van der Waals surface area contributed by atoms with E-state index in [-0.39, 0.29) is 5.97 Å². The Hall–Kier alpha value is -1.55. The average Bonchev–Trinajstić information content (AvgIpc) is 2.39. The molecule has 1 N–H and O–H groups in total. The van der Waals surface area contributed by atoms with Crippen LogP contribution in [-0.2, 0) is 14.3 Å². The summed E-state index contributed by atoms with van der Waals surface area (Å²) in [6, 6.07) is 9.96. The molecule has 0 fully saturated rings. The first kappa shape index (κ1) is 14.5. The summed E-state index contributed by atoms with van der Waals surface area (Å²) >= 11 is 0. The molecule has 0 heterocycles. The first-order valence-electron chi connectivity index (χ1n) is 6.35. The van der Waals surface area contributed by atoms with E-state index >= 15 is 0 Å². The molecule has 0 atom stereocenters. The van der Waals surface area contributed by atoms with E-state index in [1.807, 2.05) is 37.3 Å². The third-order valence-electron chi connectivity index (χ3n) is 2.29. The van der Waals surface area contributed by atoms with Gasteiger partial charge in [0.2, 0.25) is 0 Å². The van der Waals surface area contributed by atoms with Crippen molar-refractivity contribution in [1.82, 2.24) is 0 Å². The van der Waals surface area contributed by atoms with Crippen molar-refractivity contribution < 1.29 is 14.3 Å². The highest BCUT2D eigenvalue weighted by atomic mass is 16.6. The van der Waals surface area contributed by atoms with Gasteiger partial charge in [-0.2, -0.15) is 0 Å². The molecule has 0 unspecified atom stereocenters. The lowest BCUT2D eigenvalue weighted by atomic mass is 10.3. The monoisotopic (exact) mass is 251 g/mol. The molecule has 0 spiro atoms. The Morgan fingerprint density at radius 1 is 1.17 bits per heavy atom. The van der Waals surface area contributed by atoms with E-state index in [4.69, 9.17) is 9.47 Å². The van der Waals surface area contributed by atoms with Crippen LogP contribution in [0.5, 0.6) is 0 Å². The van der Waals surface area contributed by atoms with Gasteiger partial charge in [-0.15, -0.1) is 0 Å². The maximum Gasteiger partial charge on any atom is 0.305 e. The van der Waals surface area contributed by atoms with Crippen LogP contribution in [0.25, 0.3) is 0 Å². The Labute approximate surface area is 108 Å². The van der Waals surface area contributed by atoms with Gasteiger partial charge in [-0.1, -0.05) is 25.1 Å². The summed E-state index contributed by atoms with van der Waals surface area (Å²) in [5.74, 6) is -0.150. The fraction of sp³-hybridized carbons (Fsp3) is 0.500. The first-order valence-corrected chi connectivity index (χ1v) is 6.35. The van der Waals surface area contributed by atoms with Crippen LogP contribution in [0.15, 0.2) is 30.3 Å². The smallest absolute Gasteiger partial charge is 0.305 e. The lowest BCUT2D eigenvalue weighted by Gasteiger charge is -2.07. The first-order chi connectivity index (χ1) is 8.83. The number of rotatable bonds is 9. The molecular formula is C14H21NO3. The largest absolute Gasteiger partial charge is 0.463 e. The molecule has 0 amide bonds. The van der Waals surface area contributed by atoms with Crippen molar-refractivity contribution in [2.75, 3.05) is 31.7 Å². The summed E-state index contributed by atoms with van der Waals surface area (Å²) in [5, 5.41) is 3.23. The van der Waals surface area contributed by atoms with Crippen LogP contribution in [0.1, 0.15) is 19.8 Å². The van der Waals surface area contributed by atoms with Crippen molar-refractivity contribution in [3.8, 4) is 0 Å². The van der Waals surface area contributed by atoms with Gasteiger partial charge in [-0.25, -0.2) is 0 Å². The molecule has 4 nitrogen and oxygen atoms in total. The Bertz CT molecular complexity index is 327. The van der Waals surface area contributed by atoms with Crippen LogP contribution < -0.4 is 5.32 Å². The fourth-order valence-corrected chi connectivity index (χ4v) is 1.42. The molecule has 0 aliphatic carbocycles. The van der Waals surface area contributed by atoms with Gasteiger partial charge in [0.1, 0.15) is 6.61 Å². The number of nitrogens with one attached hydrogen (secondary N) is 1. The number of para-hydroxylation sites is 1. The van der Waals surface area contributed by atoms with Crippen LogP contribution in [-0.4, -0.2) is 32.3 Å². The van der Waals surface area contributed by atoms with Gasteiger partial charge in [0, 0.05) is 18.7 Å². The van der Waals surface area contributed by atoms with E-state index in [9.17, 15) is 4.79 Å². The van der Waals surface area contributed by atoms with Crippen LogP contribution in [0.4, 0.5) is 5.69 Å². The summed E-state index contributed by atoms with van der Waals surface area (Å²) in [4.78, 5) is 11.0. The number of hydrogen-bond acceptors (Lipinski definition) is 4. The van der Waals surface area contributed by atoms with Crippen molar-refractivity contribution in [3.05, 3.63) is 30.3 Å². The zero-order valence-corrected chi connectivity index (χ0v) is 10.9. The SMILES string of the molecule is CCCC(=O)OCCOCCNc1ccccc1. The minimum Gasteiger partial charge on any atom is -0.463 e. The second-order valence-electron chi connectivity index (χ2n) is 3.88. The van der Waals surface area contributed by atoms with E-state index in [0.29, 0.717) is 26.2 Å². The Kier molecular flexibility index (Phi) is 7.64. The second kappa shape index (κ2) is 9.48. The fourth-order valence-electron chi connectivity index (χ4n) is 1.42. The van der Waals surface area contributed by atoms with Crippen molar-refractivity contribution in [3.63, 3.8) is 0 Å². The predicted octanol–water partition coefficient (Wildman–Crippen LogP) is 2.46. The number of benzene rings is 1. The second-order valence-corrected chi connectivity index (χ2v) is 3.88. The van der Waals surface area contributed by atoms with Crippen molar-refractivity contribution in [2.24, 2.45) is 0 Å². The molecule has 0 aliphatic heterocycles. The molecular weight excluding hydrogens is 230 g/mol. The number of carbonyl (C=O) groups is 1. The minimum absolute atomic E-state index is 0.150. The van der Waals surface area contributed by atoms with Gasteiger partial charge >= 0.3 is 5.97 Å². The summed E-state index contributed by atoms with van der Waals surface area (Å²) < 4.78 is 10.3. The molecule has 1 aromatic rings. The Balaban J connectivity index is 1.92. The van der Waals surface area contributed by atoms with Gasteiger partial charge in [-0.3, -0.25) is 4.79 Å². The number of ether oxygens (including phenoxy) is 2. The minimum atomic E-state index is -0.150. The van der Waals surface area contributed by atoms with E-state index < -0.39 is 0 Å². The third-order valence-corrected chi connectivity index (χ3v) is 2.29. The van der Waals surface area contributed by atoms with Crippen molar-refractivity contribution >= 4 is 11.7 Å². The van der Waals surface area contributed by atoms with Gasteiger partial charge in [-0.05, 0) is 18.6 Å². The highest BCUT2D eigenvalue weighted by molar-refractivity contribution is 5.69. The van der Waals surface area contributed by atoms with Crippen LogP contribution >= 0.6 is 0 Å². The average molecular weight is 251 g/mol. The normalized spacial score (nSPS) is 10.1. The summed E-state index contributed by atoms with van der Waals surface area (Å²) in [7, 11) is 0. The van der Waals surface area contributed by atoms with E-state index in [0.717, 1.165) is 18.7 Å². The zero-order chi connectivity index (χ0) is 13.1. The summed E-state index contributed by atoms with van der Waals surface area (Å²) in [5.41, 5.74) is 1.08. The molecule has 4 heteroatoms. The molecule has 0 radical (unpaired) electrons. The molecule has 0 aromatic heterocycles. The van der Waals surface area contributed by atoms with E-state index in [1.54, 1.807) is 0 Å². The molecule has 18 heavy (non-hydrogen) atoms. The number of carbonyl (C=O) groups excluding carboxylic acids is 1. The number of anilines is 1. The van der Waals surface area contributed by atoms with Crippen LogP contribution in [0.2, 0.25) is 0 Å². The molecule has 1 aromatic carbocycles. The van der Waals surface area contributed by atoms with Gasteiger partial charge < -0.3 is 14.8 Å². The number of esters is 1. The quantitative estimate of drug-likeness (QED) is 0.541.